The second-order valence-electron chi connectivity index (χ2n) is 6.01. The molecule has 0 unspecified atom stereocenters. The maximum Gasteiger partial charge on any atom is 0.262 e. The molecule has 0 aliphatic carbocycles. The van der Waals surface area contributed by atoms with Crippen LogP contribution in [0.3, 0.4) is 0 Å². The summed E-state index contributed by atoms with van der Waals surface area (Å²) in [5.74, 6) is 0.809. The van der Waals surface area contributed by atoms with Crippen molar-refractivity contribution < 1.29 is 19.1 Å². The summed E-state index contributed by atoms with van der Waals surface area (Å²) in [5.41, 5.74) is 1.18. The number of hydrogen-bond acceptors (Lipinski definition) is 4. The zero-order valence-corrected chi connectivity index (χ0v) is 14.9. The molecule has 0 fully saturated rings. The van der Waals surface area contributed by atoms with E-state index in [0.717, 1.165) is 6.42 Å². The normalized spacial score (nSPS) is 15.6. The molecule has 26 heavy (non-hydrogen) atoms. The molecule has 136 valence electrons. The van der Waals surface area contributed by atoms with Crippen LogP contribution in [0.1, 0.15) is 23.7 Å². The number of carbonyl (C=O) groups is 2. The molecule has 2 aromatic rings. The first-order chi connectivity index (χ1) is 12.6. The quantitative estimate of drug-likeness (QED) is 0.896. The Labute approximate surface area is 152 Å². The van der Waals surface area contributed by atoms with Gasteiger partial charge in [0.2, 0.25) is 0 Å². The van der Waals surface area contributed by atoms with Crippen molar-refractivity contribution in [3.63, 3.8) is 0 Å². The first kappa shape index (κ1) is 17.8. The fourth-order valence-electron chi connectivity index (χ4n) is 2.81. The Hall–Kier alpha value is -3.02. The molecule has 1 atom stereocenters. The number of benzene rings is 2. The summed E-state index contributed by atoms with van der Waals surface area (Å²) in [4.78, 5) is 27.0. The van der Waals surface area contributed by atoms with Crippen molar-refractivity contribution in [3.8, 4) is 11.5 Å². The van der Waals surface area contributed by atoms with Gasteiger partial charge in [-0.05, 0) is 42.8 Å². The molecule has 1 aliphatic heterocycles. The predicted molar refractivity (Wildman–Crippen MR) is 98.8 cm³/mol. The molecule has 2 amide bonds. The van der Waals surface area contributed by atoms with E-state index in [1.165, 1.54) is 0 Å². The van der Waals surface area contributed by atoms with Crippen molar-refractivity contribution in [2.45, 2.75) is 19.4 Å². The Morgan fingerprint density at radius 3 is 2.62 bits per heavy atom. The highest BCUT2D eigenvalue weighted by Gasteiger charge is 2.34. The largest absolute Gasteiger partial charge is 0.497 e. The van der Waals surface area contributed by atoms with Crippen molar-refractivity contribution in [2.75, 3.05) is 25.1 Å². The zero-order valence-electron chi connectivity index (χ0n) is 14.9. The molecule has 0 aromatic heterocycles. The van der Waals surface area contributed by atoms with Gasteiger partial charge in [-0.3, -0.25) is 9.59 Å². The molecular weight excluding hydrogens is 332 g/mol. The Morgan fingerprint density at radius 1 is 1.19 bits per heavy atom. The summed E-state index contributed by atoms with van der Waals surface area (Å²) < 4.78 is 11.0. The minimum atomic E-state index is -0.737. The average molecular weight is 354 g/mol. The lowest BCUT2D eigenvalue weighted by Crippen LogP contribution is -2.50. The number of para-hydroxylation sites is 2. The number of amides is 2. The van der Waals surface area contributed by atoms with E-state index in [1.807, 2.05) is 25.1 Å². The summed E-state index contributed by atoms with van der Waals surface area (Å²) in [6.45, 7) is 2.72. The van der Waals surface area contributed by atoms with E-state index >= 15 is 0 Å². The maximum atomic E-state index is 13.0. The number of ether oxygens (including phenoxy) is 2. The smallest absolute Gasteiger partial charge is 0.262 e. The second kappa shape index (κ2) is 7.91. The summed E-state index contributed by atoms with van der Waals surface area (Å²) in [6, 6.07) is 14.2. The fourth-order valence-corrected chi connectivity index (χ4v) is 2.81. The summed E-state index contributed by atoms with van der Waals surface area (Å²) in [5, 5.41) is 2.83. The van der Waals surface area contributed by atoms with Gasteiger partial charge in [-0.15, -0.1) is 0 Å². The topological polar surface area (TPSA) is 67.9 Å². The monoisotopic (exact) mass is 354 g/mol. The lowest BCUT2D eigenvalue weighted by molar-refractivity contribution is -0.127. The molecule has 6 heteroatoms. The van der Waals surface area contributed by atoms with E-state index in [9.17, 15) is 9.59 Å². The standard InChI is InChI=1S/C20H22N2O4/c1-3-12-21-19(23)18-13-22(16-6-4-5-7-17(16)26-18)20(24)14-8-10-15(25-2)11-9-14/h4-11,18H,3,12-13H2,1-2H3,(H,21,23)/t18-/m0/s1. The highest BCUT2D eigenvalue weighted by Crippen LogP contribution is 2.34. The molecule has 6 nitrogen and oxygen atoms in total. The number of nitrogens with zero attached hydrogens (tertiary/aromatic N) is 1. The molecule has 0 saturated heterocycles. The van der Waals surface area contributed by atoms with Gasteiger partial charge in [0.15, 0.2) is 6.10 Å². The predicted octanol–water partition coefficient (Wildman–Crippen LogP) is 2.63. The average Bonchev–Trinajstić information content (AvgIpc) is 2.70. The number of carbonyl (C=O) groups excluding carboxylic acids is 2. The van der Waals surface area contributed by atoms with Crippen molar-refractivity contribution in [3.05, 3.63) is 54.1 Å². The van der Waals surface area contributed by atoms with Crippen LogP contribution in [0.25, 0.3) is 0 Å². The van der Waals surface area contributed by atoms with Gasteiger partial charge < -0.3 is 19.7 Å². The van der Waals surface area contributed by atoms with Gasteiger partial charge >= 0.3 is 0 Å². The molecule has 1 aliphatic rings. The van der Waals surface area contributed by atoms with Gasteiger partial charge in [-0.2, -0.15) is 0 Å². The Balaban J connectivity index is 1.88. The molecule has 0 bridgehead atoms. The van der Waals surface area contributed by atoms with Crippen LogP contribution in [0.4, 0.5) is 5.69 Å². The zero-order chi connectivity index (χ0) is 18.5. The van der Waals surface area contributed by atoms with Crippen LogP contribution in [-0.4, -0.2) is 38.1 Å². The van der Waals surface area contributed by atoms with Crippen molar-refractivity contribution in [1.82, 2.24) is 5.32 Å². The molecular formula is C20H22N2O4. The number of anilines is 1. The van der Waals surface area contributed by atoms with Crippen LogP contribution in [0.2, 0.25) is 0 Å². The number of nitrogens with one attached hydrogen (secondary N) is 1. The van der Waals surface area contributed by atoms with E-state index in [-0.39, 0.29) is 18.4 Å². The molecule has 0 radical (unpaired) electrons. The van der Waals surface area contributed by atoms with Gasteiger partial charge in [-0.25, -0.2) is 0 Å². The lowest BCUT2D eigenvalue weighted by atomic mass is 10.1. The van der Waals surface area contributed by atoms with Crippen molar-refractivity contribution in [1.29, 1.82) is 0 Å². The van der Waals surface area contributed by atoms with Crippen LogP contribution in [0.5, 0.6) is 11.5 Å². The van der Waals surface area contributed by atoms with E-state index < -0.39 is 6.10 Å². The second-order valence-corrected chi connectivity index (χ2v) is 6.01. The van der Waals surface area contributed by atoms with Crippen LogP contribution in [-0.2, 0) is 4.79 Å². The fraction of sp³-hybridized carbons (Fsp3) is 0.300. The molecule has 1 heterocycles. The third-order valence-corrected chi connectivity index (χ3v) is 4.20. The number of rotatable bonds is 5. The third-order valence-electron chi connectivity index (χ3n) is 4.20. The summed E-state index contributed by atoms with van der Waals surface area (Å²) in [7, 11) is 1.58. The Kier molecular flexibility index (Phi) is 5.41. The molecule has 1 N–H and O–H groups in total. The van der Waals surface area contributed by atoms with Gasteiger partial charge in [0.25, 0.3) is 11.8 Å². The van der Waals surface area contributed by atoms with Gasteiger partial charge in [-0.1, -0.05) is 19.1 Å². The van der Waals surface area contributed by atoms with Gasteiger partial charge in [0.05, 0.1) is 19.3 Å². The van der Waals surface area contributed by atoms with Crippen molar-refractivity contribution >= 4 is 17.5 Å². The van der Waals surface area contributed by atoms with Crippen LogP contribution >= 0.6 is 0 Å². The summed E-state index contributed by atoms with van der Waals surface area (Å²) >= 11 is 0. The van der Waals surface area contributed by atoms with Crippen LogP contribution in [0, 0.1) is 0 Å². The maximum absolute atomic E-state index is 13.0. The van der Waals surface area contributed by atoms with E-state index in [0.29, 0.717) is 29.3 Å². The number of methoxy groups -OCH3 is 1. The first-order valence-corrected chi connectivity index (χ1v) is 8.63. The van der Waals surface area contributed by atoms with E-state index in [4.69, 9.17) is 9.47 Å². The van der Waals surface area contributed by atoms with E-state index in [2.05, 4.69) is 5.32 Å². The Bertz CT molecular complexity index is 789. The van der Waals surface area contributed by atoms with E-state index in [1.54, 1.807) is 42.3 Å². The van der Waals surface area contributed by atoms with Gasteiger partial charge in [0.1, 0.15) is 11.5 Å². The minimum absolute atomic E-state index is 0.164. The highest BCUT2D eigenvalue weighted by molar-refractivity contribution is 6.08. The van der Waals surface area contributed by atoms with Crippen molar-refractivity contribution in [2.24, 2.45) is 0 Å². The lowest BCUT2D eigenvalue weighted by Gasteiger charge is -2.34. The molecule has 0 spiro atoms. The number of hydrogen-bond donors (Lipinski definition) is 1. The SMILES string of the molecule is CCCNC(=O)[C@@H]1CN(C(=O)c2ccc(OC)cc2)c2ccccc2O1. The molecule has 0 saturated carbocycles. The third kappa shape index (κ3) is 3.64. The highest BCUT2D eigenvalue weighted by atomic mass is 16.5. The molecule has 3 rings (SSSR count). The minimum Gasteiger partial charge on any atom is -0.497 e. The van der Waals surface area contributed by atoms with Crippen LogP contribution in [0.15, 0.2) is 48.5 Å². The number of fused-ring (bicyclic) bond motifs is 1. The van der Waals surface area contributed by atoms with Gasteiger partial charge in [0, 0.05) is 12.1 Å². The first-order valence-electron chi connectivity index (χ1n) is 8.63. The van der Waals surface area contributed by atoms with Crippen LogP contribution < -0.4 is 19.7 Å². The summed E-state index contributed by atoms with van der Waals surface area (Å²) in [6.07, 6.45) is 0.0995. The molecule has 2 aromatic carbocycles. The Morgan fingerprint density at radius 2 is 1.92 bits per heavy atom.